The van der Waals surface area contributed by atoms with Gasteiger partial charge in [-0.25, -0.2) is 14.4 Å². The number of anilines is 1. The number of rotatable bonds is 5. The fourth-order valence-corrected chi connectivity index (χ4v) is 1.81. The van der Waals surface area contributed by atoms with Crippen LogP contribution in [0.3, 0.4) is 0 Å². The molecule has 0 aliphatic carbocycles. The van der Waals surface area contributed by atoms with Crippen LogP contribution in [-0.4, -0.2) is 37.4 Å². The summed E-state index contributed by atoms with van der Waals surface area (Å²) in [6.07, 6.45) is 2.35. The third kappa shape index (κ3) is 4.54. The minimum atomic E-state index is -0.744. The van der Waals surface area contributed by atoms with Gasteiger partial charge in [-0.1, -0.05) is 0 Å². The summed E-state index contributed by atoms with van der Waals surface area (Å²) < 4.78 is 13.9. The van der Waals surface area contributed by atoms with Crippen molar-refractivity contribution in [3.05, 3.63) is 53.4 Å². The van der Waals surface area contributed by atoms with Crippen LogP contribution in [0.15, 0.2) is 47.9 Å². The van der Waals surface area contributed by atoms with Gasteiger partial charge in [0.25, 0.3) is 0 Å². The van der Waals surface area contributed by atoms with Crippen LogP contribution in [0.25, 0.3) is 0 Å². The number of allylic oxidation sites excluding steroid dienone is 1. The first-order chi connectivity index (χ1) is 11.9. The highest BCUT2D eigenvalue weighted by molar-refractivity contribution is 6.25. The van der Waals surface area contributed by atoms with Crippen molar-refractivity contribution in [2.75, 3.05) is 19.0 Å². The molecule has 25 heavy (non-hydrogen) atoms. The number of methoxy groups -OCH3 is 1. The normalized spacial score (nSPS) is 15.3. The first-order valence-corrected chi connectivity index (χ1v) is 7.15. The van der Waals surface area contributed by atoms with Gasteiger partial charge in [0.1, 0.15) is 11.8 Å². The zero-order valence-corrected chi connectivity index (χ0v) is 13.5. The van der Waals surface area contributed by atoms with E-state index in [2.05, 4.69) is 10.1 Å². The molecule has 8 heteroatoms. The van der Waals surface area contributed by atoms with E-state index in [1.165, 1.54) is 32.4 Å². The Hall–Kier alpha value is -3.42. The Kier molecular flexibility index (Phi) is 5.67. The molecule has 8 nitrogen and oxygen atoms in total. The first-order valence-electron chi connectivity index (χ1n) is 7.15. The topological polar surface area (TPSA) is 108 Å². The second-order valence-corrected chi connectivity index (χ2v) is 4.97. The molecule has 0 saturated carbocycles. The molecule has 2 rings (SSSR count). The summed E-state index contributed by atoms with van der Waals surface area (Å²) in [5.41, 5.74) is 0.955. The number of Topliss-reactive ketones (excluding diaryl/α,β-unsaturated/α-hetero) is 1. The van der Waals surface area contributed by atoms with Gasteiger partial charge in [0.2, 0.25) is 5.78 Å². The van der Waals surface area contributed by atoms with E-state index in [1.54, 1.807) is 12.1 Å². The summed E-state index contributed by atoms with van der Waals surface area (Å²) in [5.74, 6) is -2.51. The molecular formula is C17H15NO7. The van der Waals surface area contributed by atoms with E-state index in [0.717, 1.165) is 6.26 Å². The standard InChI is InChI=1S/C17H15NO7/c1-10-8-24-17(22)13(15(10)20)7-18-12-5-3-11(4-6-12)16(21)25-9-14(19)23-2/h3-8,18H,9H2,1-2H3. The van der Waals surface area contributed by atoms with Crippen LogP contribution in [0.1, 0.15) is 17.3 Å². The number of esters is 3. The number of ether oxygens (including phenoxy) is 3. The van der Waals surface area contributed by atoms with E-state index >= 15 is 0 Å². The quantitative estimate of drug-likeness (QED) is 0.369. The predicted molar refractivity (Wildman–Crippen MR) is 85.3 cm³/mol. The summed E-state index contributed by atoms with van der Waals surface area (Å²) in [6.45, 7) is 1.07. The lowest BCUT2D eigenvalue weighted by molar-refractivity contribution is -0.144. The molecule has 0 spiro atoms. The Morgan fingerprint density at radius 1 is 1.20 bits per heavy atom. The van der Waals surface area contributed by atoms with Crippen molar-refractivity contribution < 1.29 is 33.4 Å². The van der Waals surface area contributed by atoms with Crippen LogP contribution >= 0.6 is 0 Å². The minimum Gasteiger partial charge on any atom is -0.466 e. The summed E-state index contributed by atoms with van der Waals surface area (Å²) >= 11 is 0. The fraction of sp³-hybridized carbons (Fsp3) is 0.176. The van der Waals surface area contributed by atoms with E-state index in [1.807, 2.05) is 0 Å². The van der Waals surface area contributed by atoms with Crippen molar-refractivity contribution in [2.24, 2.45) is 0 Å². The average molecular weight is 345 g/mol. The van der Waals surface area contributed by atoms with Gasteiger partial charge in [0, 0.05) is 17.5 Å². The summed E-state index contributed by atoms with van der Waals surface area (Å²) in [7, 11) is 1.19. The number of benzene rings is 1. The molecule has 1 aromatic carbocycles. The second-order valence-electron chi connectivity index (χ2n) is 4.97. The molecule has 0 atom stereocenters. The van der Waals surface area contributed by atoms with Crippen molar-refractivity contribution in [1.29, 1.82) is 0 Å². The highest BCUT2D eigenvalue weighted by Gasteiger charge is 2.25. The molecule has 0 bridgehead atoms. The lowest BCUT2D eigenvalue weighted by Gasteiger charge is -2.11. The molecule has 1 aromatic rings. The lowest BCUT2D eigenvalue weighted by atomic mass is 10.1. The van der Waals surface area contributed by atoms with Gasteiger partial charge in [-0.05, 0) is 31.2 Å². The monoisotopic (exact) mass is 345 g/mol. The smallest absolute Gasteiger partial charge is 0.348 e. The van der Waals surface area contributed by atoms with Crippen molar-refractivity contribution in [3.8, 4) is 0 Å². The highest BCUT2D eigenvalue weighted by atomic mass is 16.6. The Labute approximate surface area is 143 Å². The highest BCUT2D eigenvalue weighted by Crippen LogP contribution is 2.16. The van der Waals surface area contributed by atoms with Gasteiger partial charge in [-0.2, -0.15) is 0 Å². The maximum atomic E-state index is 11.9. The van der Waals surface area contributed by atoms with Gasteiger partial charge in [0.05, 0.1) is 12.7 Å². The molecule has 0 saturated heterocycles. The van der Waals surface area contributed by atoms with Crippen LogP contribution in [0.2, 0.25) is 0 Å². The number of carbonyl (C=O) groups is 4. The number of carbonyl (C=O) groups excluding carboxylic acids is 4. The first kappa shape index (κ1) is 17.9. The van der Waals surface area contributed by atoms with E-state index in [-0.39, 0.29) is 11.1 Å². The van der Waals surface area contributed by atoms with Crippen molar-refractivity contribution in [1.82, 2.24) is 0 Å². The zero-order valence-electron chi connectivity index (χ0n) is 13.5. The van der Waals surface area contributed by atoms with Crippen LogP contribution < -0.4 is 5.32 Å². The van der Waals surface area contributed by atoms with E-state index in [4.69, 9.17) is 9.47 Å². The van der Waals surface area contributed by atoms with Crippen LogP contribution in [-0.2, 0) is 28.6 Å². The van der Waals surface area contributed by atoms with Crippen molar-refractivity contribution >= 4 is 29.4 Å². The Balaban J connectivity index is 2.01. The van der Waals surface area contributed by atoms with Crippen LogP contribution in [0.5, 0.6) is 0 Å². The van der Waals surface area contributed by atoms with E-state index < -0.39 is 30.3 Å². The third-order valence-corrected chi connectivity index (χ3v) is 3.22. The van der Waals surface area contributed by atoms with Gasteiger partial charge in [0.15, 0.2) is 6.61 Å². The molecule has 0 aromatic heterocycles. The molecule has 1 N–H and O–H groups in total. The molecule has 0 unspecified atom stereocenters. The largest absolute Gasteiger partial charge is 0.466 e. The van der Waals surface area contributed by atoms with Crippen molar-refractivity contribution in [3.63, 3.8) is 0 Å². The van der Waals surface area contributed by atoms with Gasteiger partial charge in [-0.15, -0.1) is 0 Å². The lowest BCUT2D eigenvalue weighted by Crippen LogP contribution is -2.21. The number of hydrogen-bond donors (Lipinski definition) is 1. The zero-order chi connectivity index (χ0) is 18.4. The Morgan fingerprint density at radius 2 is 1.88 bits per heavy atom. The number of cyclic esters (lactones) is 1. The number of nitrogens with one attached hydrogen (secondary N) is 1. The molecule has 1 aliphatic heterocycles. The molecular weight excluding hydrogens is 330 g/mol. The summed E-state index contributed by atoms with van der Waals surface area (Å²) in [6, 6.07) is 6.03. The fourth-order valence-electron chi connectivity index (χ4n) is 1.81. The molecule has 0 amide bonds. The van der Waals surface area contributed by atoms with Gasteiger partial charge in [-0.3, -0.25) is 4.79 Å². The number of ketones is 1. The second kappa shape index (κ2) is 7.91. The maximum absolute atomic E-state index is 11.9. The SMILES string of the molecule is COC(=O)COC(=O)c1ccc(NC=C2C(=O)OC=C(C)C2=O)cc1. The van der Waals surface area contributed by atoms with Gasteiger partial charge >= 0.3 is 17.9 Å². The van der Waals surface area contributed by atoms with E-state index in [9.17, 15) is 19.2 Å². The maximum Gasteiger partial charge on any atom is 0.348 e. The number of hydrogen-bond acceptors (Lipinski definition) is 8. The predicted octanol–water partition coefficient (Wildman–Crippen LogP) is 1.34. The third-order valence-electron chi connectivity index (χ3n) is 3.22. The van der Waals surface area contributed by atoms with Crippen LogP contribution in [0, 0.1) is 0 Å². The molecule has 1 heterocycles. The molecule has 1 aliphatic rings. The molecule has 0 fully saturated rings. The summed E-state index contributed by atoms with van der Waals surface area (Å²) in [5, 5.41) is 2.78. The minimum absolute atomic E-state index is 0.124. The van der Waals surface area contributed by atoms with E-state index in [0.29, 0.717) is 11.3 Å². The van der Waals surface area contributed by atoms with Crippen LogP contribution in [0.4, 0.5) is 5.69 Å². The van der Waals surface area contributed by atoms with Crippen molar-refractivity contribution in [2.45, 2.75) is 6.92 Å². The molecule has 0 radical (unpaired) electrons. The summed E-state index contributed by atoms with van der Waals surface area (Å²) in [4.78, 5) is 46.1. The van der Waals surface area contributed by atoms with Gasteiger partial charge < -0.3 is 19.5 Å². The molecule has 130 valence electrons. The average Bonchev–Trinajstić information content (AvgIpc) is 2.63. The Morgan fingerprint density at radius 3 is 2.52 bits per heavy atom. The Bertz CT molecular complexity index is 775.